The predicted molar refractivity (Wildman–Crippen MR) is 67.1 cm³/mol. The number of fused-ring (bicyclic) bond motifs is 2. The highest BCUT2D eigenvalue weighted by atomic mass is 32.2. The van der Waals surface area contributed by atoms with Gasteiger partial charge in [0.2, 0.25) is 0 Å². The smallest absolute Gasteiger partial charge is 0.160 e. The molecule has 1 aliphatic heterocycles. The summed E-state index contributed by atoms with van der Waals surface area (Å²) in [5.74, 6) is 0.189. The standard InChI is InChI=1S/C14H10OS/c15-11-6-5-10-7-8-16-14-4-2-1-3-12(14)13(10)9-11/h1-8H,9H2. The Morgan fingerprint density at radius 2 is 1.94 bits per heavy atom. The Balaban J connectivity index is 2.23. The molecule has 0 fully saturated rings. The molecule has 78 valence electrons. The molecule has 1 aromatic carbocycles. The van der Waals surface area contributed by atoms with E-state index in [0.29, 0.717) is 6.42 Å². The van der Waals surface area contributed by atoms with E-state index in [1.54, 1.807) is 17.8 Å². The van der Waals surface area contributed by atoms with Crippen LogP contribution in [-0.2, 0) is 4.79 Å². The lowest BCUT2D eigenvalue weighted by molar-refractivity contribution is -0.113. The number of hydrogen-bond acceptors (Lipinski definition) is 2. The summed E-state index contributed by atoms with van der Waals surface area (Å²) in [4.78, 5) is 12.7. The maximum absolute atomic E-state index is 11.5. The van der Waals surface area contributed by atoms with Crippen LogP contribution in [0.5, 0.6) is 0 Å². The Hall–Kier alpha value is -1.54. The number of benzene rings is 1. The summed E-state index contributed by atoms with van der Waals surface area (Å²) in [6.07, 6.45) is 6.19. The molecule has 0 atom stereocenters. The zero-order chi connectivity index (χ0) is 11.0. The number of rotatable bonds is 0. The maximum Gasteiger partial charge on any atom is 0.160 e. The molecule has 0 unspecified atom stereocenters. The van der Waals surface area contributed by atoms with Crippen molar-refractivity contribution in [1.29, 1.82) is 0 Å². The summed E-state index contributed by atoms with van der Waals surface area (Å²) in [6.45, 7) is 0. The van der Waals surface area contributed by atoms with Crippen molar-refractivity contribution in [2.24, 2.45) is 0 Å². The van der Waals surface area contributed by atoms with E-state index < -0.39 is 0 Å². The molecule has 0 radical (unpaired) electrons. The monoisotopic (exact) mass is 226 g/mol. The van der Waals surface area contributed by atoms with Crippen molar-refractivity contribution in [1.82, 2.24) is 0 Å². The number of carbonyl (C=O) groups is 1. The first-order valence-electron chi connectivity index (χ1n) is 5.21. The Labute approximate surface area is 98.6 Å². The number of ketones is 1. The zero-order valence-electron chi connectivity index (χ0n) is 8.64. The maximum atomic E-state index is 11.5. The van der Waals surface area contributed by atoms with E-state index in [1.165, 1.54) is 10.5 Å². The third kappa shape index (κ3) is 1.55. The summed E-state index contributed by atoms with van der Waals surface area (Å²) in [7, 11) is 0. The molecule has 1 nitrogen and oxygen atoms in total. The molecule has 1 heterocycles. The van der Waals surface area contributed by atoms with Crippen LogP contribution in [0.25, 0.3) is 5.57 Å². The fraction of sp³-hybridized carbons (Fsp3) is 0.0714. The van der Waals surface area contributed by atoms with E-state index in [0.717, 1.165) is 11.1 Å². The van der Waals surface area contributed by atoms with E-state index >= 15 is 0 Å². The van der Waals surface area contributed by atoms with Gasteiger partial charge in [0, 0.05) is 11.3 Å². The van der Waals surface area contributed by atoms with Gasteiger partial charge < -0.3 is 0 Å². The molecule has 3 rings (SSSR count). The van der Waals surface area contributed by atoms with Crippen molar-refractivity contribution < 1.29 is 4.79 Å². The normalized spacial score (nSPS) is 18.1. The lowest BCUT2D eigenvalue weighted by atomic mass is 9.91. The van der Waals surface area contributed by atoms with Gasteiger partial charge >= 0.3 is 0 Å². The molecule has 0 saturated heterocycles. The minimum Gasteiger partial charge on any atom is -0.294 e. The van der Waals surface area contributed by atoms with Crippen LogP contribution in [-0.4, -0.2) is 5.78 Å². The Morgan fingerprint density at radius 1 is 1.06 bits per heavy atom. The lowest BCUT2D eigenvalue weighted by Crippen LogP contribution is -2.02. The largest absolute Gasteiger partial charge is 0.294 e. The fourth-order valence-electron chi connectivity index (χ4n) is 2.02. The molecule has 2 heteroatoms. The summed E-state index contributed by atoms with van der Waals surface area (Å²) < 4.78 is 0. The molecule has 16 heavy (non-hydrogen) atoms. The van der Waals surface area contributed by atoms with Crippen molar-refractivity contribution in [2.45, 2.75) is 11.3 Å². The SMILES string of the molecule is O=C1C=CC2=C(C1)c1ccccc1SC=C2. The second-order valence-corrected chi connectivity index (χ2v) is 4.77. The molecular formula is C14H10OS. The van der Waals surface area contributed by atoms with Crippen LogP contribution < -0.4 is 0 Å². The van der Waals surface area contributed by atoms with Gasteiger partial charge in [0.05, 0.1) is 0 Å². The van der Waals surface area contributed by atoms with E-state index in [1.807, 2.05) is 18.2 Å². The van der Waals surface area contributed by atoms with Crippen LogP contribution in [0, 0.1) is 0 Å². The van der Waals surface area contributed by atoms with Gasteiger partial charge in [0.1, 0.15) is 0 Å². The average molecular weight is 226 g/mol. The predicted octanol–water partition coefficient (Wildman–Crippen LogP) is 3.59. The third-order valence-electron chi connectivity index (χ3n) is 2.80. The van der Waals surface area contributed by atoms with Crippen molar-refractivity contribution in [2.75, 3.05) is 0 Å². The summed E-state index contributed by atoms with van der Waals surface area (Å²) in [5, 5.41) is 2.08. The van der Waals surface area contributed by atoms with Crippen molar-refractivity contribution in [3.8, 4) is 0 Å². The van der Waals surface area contributed by atoms with Crippen LogP contribution in [0.15, 0.2) is 58.4 Å². The molecule has 0 N–H and O–H groups in total. The summed E-state index contributed by atoms with van der Waals surface area (Å²) in [5.41, 5.74) is 3.52. The van der Waals surface area contributed by atoms with Crippen LogP contribution >= 0.6 is 11.8 Å². The van der Waals surface area contributed by atoms with Gasteiger partial charge in [-0.15, -0.1) is 0 Å². The Kier molecular flexibility index (Phi) is 2.29. The average Bonchev–Trinajstić information content (AvgIpc) is 2.48. The lowest BCUT2D eigenvalue weighted by Gasteiger charge is -2.13. The highest BCUT2D eigenvalue weighted by Gasteiger charge is 2.18. The molecule has 0 spiro atoms. The van der Waals surface area contributed by atoms with E-state index in [2.05, 4.69) is 23.6 Å². The van der Waals surface area contributed by atoms with Crippen LogP contribution in [0.3, 0.4) is 0 Å². The number of thioether (sulfide) groups is 1. The molecule has 0 bridgehead atoms. The minimum absolute atomic E-state index is 0.189. The topological polar surface area (TPSA) is 17.1 Å². The Morgan fingerprint density at radius 3 is 2.88 bits per heavy atom. The van der Waals surface area contributed by atoms with Gasteiger partial charge in [0.25, 0.3) is 0 Å². The van der Waals surface area contributed by atoms with E-state index in [4.69, 9.17) is 0 Å². The van der Waals surface area contributed by atoms with Crippen LogP contribution in [0.1, 0.15) is 12.0 Å². The first-order valence-corrected chi connectivity index (χ1v) is 6.09. The van der Waals surface area contributed by atoms with Gasteiger partial charge in [-0.3, -0.25) is 4.79 Å². The molecule has 0 aromatic heterocycles. The molecule has 2 aliphatic rings. The van der Waals surface area contributed by atoms with Gasteiger partial charge in [-0.25, -0.2) is 0 Å². The number of hydrogen-bond donors (Lipinski definition) is 0. The first-order chi connectivity index (χ1) is 7.84. The molecule has 1 aliphatic carbocycles. The molecule has 0 amide bonds. The van der Waals surface area contributed by atoms with Crippen molar-refractivity contribution in [3.63, 3.8) is 0 Å². The second kappa shape index (κ2) is 3.80. The van der Waals surface area contributed by atoms with Crippen LogP contribution in [0.2, 0.25) is 0 Å². The van der Waals surface area contributed by atoms with Crippen molar-refractivity contribution >= 4 is 23.1 Å². The van der Waals surface area contributed by atoms with E-state index in [-0.39, 0.29) is 5.78 Å². The third-order valence-corrected chi connectivity index (χ3v) is 3.69. The van der Waals surface area contributed by atoms with Gasteiger partial charge in [0.15, 0.2) is 5.78 Å². The minimum atomic E-state index is 0.189. The van der Waals surface area contributed by atoms with Gasteiger partial charge in [-0.1, -0.05) is 36.0 Å². The highest BCUT2D eigenvalue weighted by Crippen LogP contribution is 2.37. The quantitative estimate of drug-likeness (QED) is 0.672. The number of allylic oxidation sites excluding steroid dienone is 5. The number of carbonyl (C=O) groups excluding carboxylic acids is 1. The summed E-state index contributed by atoms with van der Waals surface area (Å²) in [6, 6.07) is 8.25. The second-order valence-electron chi connectivity index (χ2n) is 3.83. The first kappa shape index (κ1) is 9.67. The fourth-order valence-corrected chi connectivity index (χ4v) is 2.86. The molecule has 1 aromatic rings. The van der Waals surface area contributed by atoms with Gasteiger partial charge in [-0.05, 0) is 40.3 Å². The van der Waals surface area contributed by atoms with Crippen molar-refractivity contribution in [3.05, 3.63) is 59.0 Å². The van der Waals surface area contributed by atoms with Crippen LogP contribution in [0.4, 0.5) is 0 Å². The van der Waals surface area contributed by atoms with E-state index in [9.17, 15) is 4.79 Å². The highest BCUT2D eigenvalue weighted by molar-refractivity contribution is 8.02. The van der Waals surface area contributed by atoms with Gasteiger partial charge in [-0.2, -0.15) is 0 Å². The Bertz CT molecular complexity index is 550. The molecular weight excluding hydrogens is 216 g/mol. The summed E-state index contributed by atoms with van der Waals surface area (Å²) >= 11 is 1.71. The zero-order valence-corrected chi connectivity index (χ0v) is 9.46. The molecule has 0 saturated carbocycles.